The zero-order valence-electron chi connectivity index (χ0n) is 19.7. The highest BCUT2D eigenvalue weighted by molar-refractivity contribution is 7.93. The molecule has 5 rings (SSSR count). The first kappa shape index (κ1) is 23.4. The number of para-hydroxylation sites is 1. The summed E-state index contributed by atoms with van der Waals surface area (Å²) in [5, 5.41) is 0.944. The quantitative estimate of drug-likeness (QED) is 0.404. The van der Waals surface area contributed by atoms with Gasteiger partial charge in [-0.05, 0) is 48.9 Å². The highest BCUT2D eigenvalue weighted by Crippen LogP contribution is 2.23. The van der Waals surface area contributed by atoms with Crippen molar-refractivity contribution in [1.29, 1.82) is 0 Å². The third-order valence-electron chi connectivity index (χ3n) is 6.32. The first-order valence-electron chi connectivity index (χ1n) is 11.8. The van der Waals surface area contributed by atoms with E-state index in [1.807, 2.05) is 35.2 Å². The van der Waals surface area contributed by atoms with Gasteiger partial charge >= 0.3 is 0 Å². The summed E-state index contributed by atoms with van der Waals surface area (Å²) < 4.78 is 16.0. The molecule has 0 bridgehead atoms. The Morgan fingerprint density at radius 2 is 1.66 bits per heavy atom. The monoisotopic (exact) mass is 484 g/mol. The lowest BCUT2D eigenvalue weighted by Gasteiger charge is -2.34. The summed E-state index contributed by atoms with van der Waals surface area (Å²) >= 11 is -1.47. The minimum atomic E-state index is -1.47. The predicted molar refractivity (Wildman–Crippen MR) is 141 cm³/mol. The second-order valence-corrected chi connectivity index (χ2v) is 10.0. The van der Waals surface area contributed by atoms with E-state index >= 15 is 0 Å². The molecule has 6 nitrogen and oxygen atoms in total. The number of amides is 1. The number of carbonyl (C=O) groups is 1. The van der Waals surface area contributed by atoms with Crippen LogP contribution in [-0.4, -0.2) is 51.4 Å². The van der Waals surface area contributed by atoms with Crippen LogP contribution in [0, 0.1) is 6.92 Å². The number of carbonyl (C=O) groups excluding carboxylic acids is 1. The SMILES string of the molecule is Cc1ccc(CN2CCN(C(=O)c3ccc(N[S+]([O-])c4cccc5cccnc45)cc3)CC2)cc1. The molecular weight excluding hydrogens is 456 g/mol. The van der Waals surface area contributed by atoms with E-state index in [4.69, 9.17) is 0 Å². The third kappa shape index (κ3) is 5.48. The van der Waals surface area contributed by atoms with Crippen molar-refractivity contribution < 1.29 is 9.35 Å². The maximum Gasteiger partial charge on any atom is 0.253 e. The zero-order valence-corrected chi connectivity index (χ0v) is 20.5. The Bertz CT molecular complexity index is 1300. The summed E-state index contributed by atoms with van der Waals surface area (Å²) in [6.07, 6.45) is 1.70. The average Bonchev–Trinajstić information content (AvgIpc) is 2.90. The number of aromatic nitrogens is 1. The number of hydrogen-bond donors (Lipinski definition) is 1. The van der Waals surface area contributed by atoms with Gasteiger partial charge in [-0.3, -0.25) is 14.7 Å². The van der Waals surface area contributed by atoms with Crippen LogP contribution in [0.15, 0.2) is 90.0 Å². The van der Waals surface area contributed by atoms with Gasteiger partial charge in [0, 0.05) is 49.9 Å². The molecule has 1 fully saturated rings. The molecule has 0 spiro atoms. The molecule has 0 aliphatic carbocycles. The van der Waals surface area contributed by atoms with Gasteiger partial charge in [-0.1, -0.05) is 48.0 Å². The smallest absolute Gasteiger partial charge is 0.253 e. The first-order chi connectivity index (χ1) is 17.1. The Morgan fingerprint density at radius 3 is 2.40 bits per heavy atom. The highest BCUT2D eigenvalue weighted by atomic mass is 32.2. The summed E-state index contributed by atoms with van der Waals surface area (Å²) in [6, 6.07) is 25.3. The molecule has 4 aromatic rings. The van der Waals surface area contributed by atoms with Crippen molar-refractivity contribution in [3.63, 3.8) is 0 Å². The molecular formula is C28H28N4O2S. The van der Waals surface area contributed by atoms with Crippen molar-refractivity contribution in [2.75, 3.05) is 30.9 Å². The van der Waals surface area contributed by atoms with Crippen LogP contribution < -0.4 is 4.72 Å². The number of aryl methyl sites for hydroxylation is 1. The van der Waals surface area contributed by atoms with Crippen LogP contribution in [0.4, 0.5) is 5.69 Å². The Kier molecular flexibility index (Phi) is 6.99. The number of anilines is 1. The summed E-state index contributed by atoms with van der Waals surface area (Å²) in [6.45, 7) is 6.14. The molecule has 1 N–H and O–H groups in total. The fourth-order valence-corrected chi connectivity index (χ4v) is 5.32. The molecule has 3 aromatic carbocycles. The molecule has 7 heteroatoms. The second kappa shape index (κ2) is 10.5. The van der Waals surface area contributed by atoms with Gasteiger partial charge in [0.15, 0.2) is 0 Å². The standard InChI is InChI=1S/C28H28N4O2S/c1-21-7-9-22(10-8-21)20-31-16-18-32(19-17-31)28(33)24-11-13-25(14-12-24)30-35(34)26-6-2-4-23-5-3-15-29-27(23)26/h2-15,30H,16-20H2,1H3. The largest absolute Gasteiger partial charge is 0.588 e. The van der Waals surface area contributed by atoms with E-state index < -0.39 is 11.4 Å². The van der Waals surface area contributed by atoms with Gasteiger partial charge in [-0.15, -0.1) is 0 Å². The van der Waals surface area contributed by atoms with Crippen LogP contribution in [0.25, 0.3) is 10.9 Å². The molecule has 1 atom stereocenters. The summed E-state index contributed by atoms with van der Waals surface area (Å²) in [4.78, 5) is 22.3. The number of rotatable bonds is 6. The first-order valence-corrected chi connectivity index (χ1v) is 12.9. The molecule has 178 valence electrons. The Hall–Kier alpha value is -3.39. The molecule has 2 heterocycles. The molecule has 1 aliphatic heterocycles. The lowest BCUT2D eigenvalue weighted by Crippen LogP contribution is -2.48. The number of benzene rings is 3. The van der Waals surface area contributed by atoms with Crippen LogP contribution in [-0.2, 0) is 17.9 Å². The number of hydrogen-bond acceptors (Lipinski definition) is 5. The van der Waals surface area contributed by atoms with E-state index in [-0.39, 0.29) is 5.91 Å². The summed E-state index contributed by atoms with van der Waals surface area (Å²) in [5.41, 5.74) is 4.61. The van der Waals surface area contributed by atoms with Gasteiger partial charge < -0.3 is 9.45 Å². The second-order valence-electron chi connectivity index (χ2n) is 8.83. The van der Waals surface area contributed by atoms with Crippen molar-refractivity contribution in [3.8, 4) is 0 Å². The van der Waals surface area contributed by atoms with E-state index in [1.165, 1.54) is 11.1 Å². The zero-order chi connectivity index (χ0) is 24.2. The van der Waals surface area contributed by atoms with E-state index in [9.17, 15) is 9.35 Å². The number of nitrogens with one attached hydrogen (secondary N) is 1. The Morgan fingerprint density at radius 1 is 0.943 bits per heavy atom. The molecule has 1 amide bonds. The maximum absolute atomic E-state index is 13.0. The maximum atomic E-state index is 13.0. The highest BCUT2D eigenvalue weighted by Gasteiger charge is 2.23. The predicted octanol–water partition coefficient (Wildman–Crippen LogP) is 4.64. The Balaban J connectivity index is 1.17. The van der Waals surface area contributed by atoms with Gasteiger partial charge in [0.05, 0.1) is 5.69 Å². The number of pyridine rings is 1. The minimum absolute atomic E-state index is 0.0333. The molecule has 35 heavy (non-hydrogen) atoms. The molecule has 1 unspecified atom stereocenters. The van der Waals surface area contributed by atoms with E-state index in [0.717, 1.165) is 25.0 Å². The lowest BCUT2D eigenvalue weighted by molar-refractivity contribution is 0.0628. The van der Waals surface area contributed by atoms with Gasteiger partial charge in [0.25, 0.3) is 5.91 Å². The normalized spacial score (nSPS) is 15.2. The van der Waals surface area contributed by atoms with Crippen molar-refractivity contribution in [1.82, 2.24) is 14.8 Å². The van der Waals surface area contributed by atoms with Gasteiger partial charge in [0.2, 0.25) is 4.90 Å². The van der Waals surface area contributed by atoms with Crippen LogP contribution in [0.1, 0.15) is 21.5 Å². The van der Waals surface area contributed by atoms with Gasteiger partial charge in [-0.2, -0.15) is 0 Å². The number of fused-ring (bicyclic) bond motifs is 1. The average molecular weight is 485 g/mol. The van der Waals surface area contributed by atoms with Crippen LogP contribution in [0.2, 0.25) is 0 Å². The number of nitrogens with zero attached hydrogens (tertiary/aromatic N) is 3. The van der Waals surface area contributed by atoms with Crippen molar-refractivity contribution in [3.05, 3.63) is 102 Å². The fourth-order valence-electron chi connectivity index (χ4n) is 4.31. The molecule has 0 radical (unpaired) electrons. The lowest BCUT2D eigenvalue weighted by atomic mass is 10.1. The van der Waals surface area contributed by atoms with Crippen molar-refractivity contribution >= 4 is 33.9 Å². The third-order valence-corrected chi connectivity index (χ3v) is 7.47. The molecule has 0 saturated carbocycles. The van der Waals surface area contributed by atoms with Crippen molar-refractivity contribution in [2.24, 2.45) is 0 Å². The van der Waals surface area contributed by atoms with E-state index in [2.05, 4.69) is 45.8 Å². The topological polar surface area (TPSA) is 71.5 Å². The molecule has 1 saturated heterocycles. The summed E-state index contributed by atoms with van der Waals surface area (Å²) in [7, 11) is 0. The van der Waals surface area contributed by atoms with Gasteiger partial charge in [0.1, 0.15) is 16.9 Å². The Labute approximate surface area is 208 Å². The van der Waals surface area contributed by atoms with Crippen molar-refractivity contribution in [2.45, 2.75) is 18.4 Å². The summed E-state index contributed by atoms with van der Waals surface area (Å²) in [5.74, 6) is 0.0333. The van der Waals surface area contributed by atoms with Crippen LogP contribution in [0.5, 0.6) is 0 Å². The molecule has 1 aromatic heterocycles. The van der Waals surface area contributed by atoms with E-state index in [1.54, 1.807) is 30.5 Å². The van der Waals surface area contributed by atoms with Crippen LogP contribution in [0.3, 0.4) is 0 Å². The number of piperazine rings is 1. The molecule has 1 aliphatic rings. The minimum Gasteiger partial charge on any atom is -0.588 e. The van der Waals surface area contributed by atoms with Crippen LogP contribution >= 0.6 is 0 Å². The van der Waals surface area contributed by atoms with E-state index in [0.29, 0.717) is 34.8 Å². The fraction of sp³-hybridized carbons (Fsp3) is 0.214. The van der Waals surface area contributed by atoms with Gasteiger partial charge in [-0.25, -0.2) is 4.72 Å².